The van der Waals surface area contributed by atoms with E-state index in [1.54, 1.807) is 12.3 Å². The Morgan fingerprint density at radius 2 is 1.89 bits per heavy atom. The molecule has 0 unspecified atom stereocenters. The first kappa shape index (κ1) is 23.3. The third-order valence-corrected chi connectivity index (χ3v) is 6.03. The molecular weight excluding hydrogens is 490 g/mol. The van der Waals surface area contributed by atoms with Crippen molar-refractivity contribution in [3.63, 3.8) is 0 Å². The van der Waals surface area contributed by atoms with E-state index in [0.717, 1.165) is 39.0 Å². The van der Waals surface area contributed by atoms with Crippen LogP contribution in [0.2, 0.25) is 5.02 Å². The summed E-state index contributed by atoms with van der Waals surface area (Å²) in [6.45, 7) is 0.545. The van der Waals surface area contributed by atoms with E-state index >= 15 is 0 Å². The predicted molar refractivity (Wildman–Crippen MR) is 147 cm³/mol. The summed E-state index contributed by atoms with van der Waals surface area (Å²) in [4.78, 5) is 0. The molecule has 0 saturated heterocycles. The number of thiocarbonyl (C=S) groups is 1. The first-order valence-corrected chi connectivity index (χ1v) is 11.8. The van der Waals surface area contributed by atoms with Gasteiger partial charge in [0.2, 0.25) is 0 Å². The van der Waals surface area contributed by atoms with Crippen molar-refractivity contribution in [3.8, 4) is 23.0 Å². The van der Waals surface area contributed by atoms with Crippen molar-refractivity contribution in [2.24, 2.45) is 10.8 Å². The molecular formula is C27H20ClN7S. The molecule has 5 rings (SSSR count). The molecule has 0 aliphatic heterocycles. The van der Waals surface area contributed by atoms with Crippen LogP contribution in [0.1, 0.15) is 16.7 Å². The highest BCUT2D eigenvalue weighted by Gasteiger charge is 2.16. The van der Waals surface area contributed by atoms with Crippen molar-refractivity contribution in [1.82, 2.24) is 19.8 Å². The number of hydrogen-bond acceptors (Lipinski definition) is 4. The highest BCUT2D eigenvalue weighted by atomic mass is 35.5. The number of hydrogen-bond donors (Lipinski definition) is 2. The van der Waals surface area contributed by atoms with Crippen LogP contribution in [-0.2, 0) is 6.54 Å². The number of hydrazone groups is 1. The maximum Gasteiger partial charge on any atom is 0.184 e. The molecule has 36 heavy (non-hydrogen) atoms. The molecule has 0 amide bonds. The van der Waals surface area contributed by atoms with Crippen LogP contribution in [0.4, 0.5) is 0 Å². The molecule has 0 bridgehead atoms. The van der Waals surface area contributed by atoms with Gasteiger partial charge in [0.1, 0.15) is 0 Å². The summed E-state index contributed by atoms with van der Waals surface area (Å²) in [5.41, 5.74) is 14.2. The first-order valence-electron chi connectivity index (χ1n) is 11.0. The van der Waals surface area contributed by atoms with Crippen LogP contribution in [0.25, 0.3) is 27.8 Å². The molecule has 0 atom stereocenters. The minimum Gasteiger partial charge on any atom is -0.375 e. The smallest absolute Gasteiger partial charge is 0.184 e. The Kier molecular flexibility index (Phi) is 6.50. The molecule has 2 aromatic heterocycles. The minimum absolute atomic E-state index is 0.0774. The van der Waals surface area contributed by atoms with Crippen molar-refractivity contribution >= 4 is 46.0 Å². The van der Waals surface area contributed by atoms with Gasteiger partial charge in [-0.15, -0.1) is 0 Å². The van der Waals surface area contributed by atoms with Crippen LogP contribution in [0.3, 0.4) is 0 Å². The molecule has 7 nitrogen and oxygen atoms in total. The fourth-order valence-electron chi connectivity index (χ4n) is 4.07. The number of fused-ring (bicyclic) bond motifs is 1. The zero-order valence-corrected chi connectivity index (χ0v) is 20.5. The SMILES string of the molecule is N#Cc1ccc2c(c1)c(/C=N/NC(N)=S)cn2Cc1cn(-c2ccccc2)nc1-c1ccc(Cl)cc1. The van der Waals surface area contributed by atoms with Crippen molar-refractivity contribution < 1.29 is 0 Å². The lowest BCUT2D eigenvalue weighted by atomic mass is 10.1. The van der Waals surface area contributed by atoms with E-state index in [-0.39, 0.29) is 5.11 Å². The van der Waals surface area contributed by atoms with Crippen LogP contribution < -0.4 is 11.2 Å². The van der Waals surface area contributed by atoms with E-state index in [2.05, 4.69) is 21.2 Å². The lowest BCUT2D eigenvalue weighted by Crippen LogP contribution is -2.23. The Balaban J connectivity index is 1.62. The average molecular weight is 510 g/mol. The molecule has 0 saturated carbocycles. The van der Waals surface area contributed by atoms with Crippen molar-refractivity contribution in [2.45, 2.75) is 6.54 Å². The Hall–Kier alpha value is -4.45. The molecule has 0 fully saturated rings. The lowest BCUT2D eigenvalue weighted by molar-refractivity contribution is 0.834. The number of rotatable bonds is 6. The number of para-hydroxylation sites is 1. The fourth-order valence-corrected chi connectivity index (χ4v) is 4.24. The van der Waals surface area contributed by atoms with E-state index < -0.39 is 0 Å². The fraction of sp³-hybridized carbons (Fsp3) is 0.0370. The Morgan fingerprint density at radius 3 is 2.61 bits per heavy atom. The van der Waals surface area contributed by atoms with Crippen LogP contribution in [0.15, 0.2) is 90.3 Å². The minimum atomic E-state index is 0.0774. The summed E-state index contributed by atoms with van der Waals surface area (Å²) in [7, 11) is 0. The van der Waals surface area contributed by atoms with E-state index in [0.29, 0.717) is 17.1 Å². The van der Waals surface area contributed by atoms with Crippen molar-refractivity contribution in [2.75, 3.05) is 0 Å². The number of nitriles is 1. The van der Waals surface area contributed by atoms with Gasteiger partial charge in [-0.25, -0.2) is 4.68 Å². The summed E-state index contributed by atoms with van der Waals surface area (Å²) in [5.74, 6) is 0. The summed E-state index contributed by atoms with van der Waals surface area (Å²) in [6.07, 6.45) is 5.67. The highest BCUT2D eigenvalue weighted by Crippen LogP contribution is 2.28. The molecule has 0 radical (unpaired) electrons. The molecule has 2 heterocycles. The molecule has 0 aliphatic carbocycles. The summed E-state index contributed by atoms with van der Waals surface area (Å²) >= 11 is 11.0. The van der Waals surface area contributed by atoms with Crippen LogP contribution in [0, 0.1) is 11.3 Å². The molecule has 3 N–H and O–H groups in total. The average Bonchev–Trinajstić information content (AvgIpc) is 3.46. The predicted octanol–water partition coefficient (Wildman–Crippen LogP) is 5.23. The van der Waals surface area contributed by atoms with Gasteiger partial charge in [-0.2, -0.15) is 15.5 Å². The molecule has 0 aliphatic rings. The summed E-state index contributed by atoms with van der Waals surface area (Å²) in [6, 6.07) is 25.4. The zero-order valence-electron chi connectivity index (χ0n) is 19.0. The van der Waals surface area contributed by atoms with Crippen LogP contribution >= 0.6 is 23.8 Å². The summed E-state index contributed by atoms with van der Waals surface area (Å²) < 4.78 is 4.00. The Labute approximate surface area is 218 Å². The van der Waals surface area contributed by atoms with Gasteiger partial charge in [-0.05, 0) is 54.7 Å². The van der Waals surface area contributed by atoms with E-state index in [1.165, 1.54) is 0 Å². The second-order valence-corrected chi connectivity index (χ2v) is 8.96. The number of aromatic nitrogens is 3. The molecule has 176 valence electrons. The standard InChI is InChI=1S/C27H20ClN7S/c28-22-9-7-19(8-10-22)26-21(17-35(33-26)23-4-2-1-3-5-23)16-34-15-20(14-31-32-27(30)36)24-12-18(13-29)6-11-25(24)34/h1-12,14-15,17H,16H2,(H3,30,32,36)/b31-14+. The van der Waals surface area contributed by atoms with Crippen molar-refractivity contribution in [1.29, 1.82) is 5.26 Å². The van der Waals surface area contributed by atoms with Gasteiger partial charge in [-0.1, -0.05) is 41.9 Å². The molecule has 0 spiro atoms. The van der Waals surface area contributed by atoms with Gasteiger partial charge < -0.3 is 10.3 Å². The van der Waals surface area contributed by atoms with Gasteiger partial charge >= 0.3 is 0 Å². The van der Waals surface area contributed by atoms with E-state index in [4.69, 9.17) is 34.7 Å². The number of benzene rings is 3. The highest BCUT2D eigenvalue weighted by molar-refractivity contribution is 7.80. The maximum atomic E-state index is 9.41. The third kappa shape index (κ3) is 4.84. The quantitative estimate of drug-likeness (QED) is 0.185. The second kappa shape index (κ2) is 10.0. The van der Waals surface area contributed by atoms with Crippen molar-refractivity contribution in [3.05, 3.63) is 107 Å². The largest absolute Gasteiger partial charge is 0.375 e. The number of nitrogens with zero attached hydrogens (tertiary/aromatic N) is 5. The number of nitrogens with one attached hydrogen (secondary N) is 1. The number of nitrogens with two attached hydrogens (primary N) is 1. The lowest BCUT2D eigenvalue weighted by Gasteiger charge is -2.06. The van der Waals surface area contributed by atoms with Crippen LogP contribution in [0.5, 0.6) is 0 Å². The topological polar surface area (TPSA) is 97.0 Å². The normalized spacial score (nSPS) is 11.1. The summed E-state index contributed by atoms with van der Waals surface area (Å²) in [5, 5.41) is 20.1. The molecule has 9 heteroatoms. The number of halogens is 1. The third-order valence-electron chi connectivity index (χ3n) is 5.69. The van der Waals surface area contributed by atoms with Gasteiger partial charge in [0.05, 0.1) is 35.8 Å². The van der Waals surface area contributed by atoms with Gasteiger partial charge in [0, 0.05) is 45.0 Å². The van der Waals surface area contributed by atoms with E-state index in [9.17, 15) is 5.26 Å². The van der Waals surface area contributed by atoms with Gasteiger partial charge in [0.15, 0.2) is 5.11 Å². The van der Waals surface area contributed by atoms with Gasteiger partial charge in [-0.3, -0.25) is 5.43 Å². The van der Waals surface area contributed by atoms with E-state index in [1.807, 2.05) is 83.8 Å². The Morgan fingerprint density at radius 1 is 1.11 bits per heavy atom. The molecule has 5 aromatic rings. The van der Waals surface area contributed by atoms with Gasteiger partial charge in [0.25, 0.3) is 0 Å². The maximum absolute atomic E-state index is 9.41. The first-order chi connectivity index (χ1) is 17.5. The zero-order chi connectivity index (χ0) is 25.1. The monoisotopic (exact) mass is 509 g/mol. The Bertz CT molecular complexity index is 1630. The van der Waals surface area contributed by atoms with Crippen LogP contribution in [-0.4, -0.2) is 25.7 Å². The molecule has 3 aromatic carbocycles. The second-order valence-electron chi connectivity index (χ2n) is 8.08.